The summed E-state index contributed by atoms with van der Waals surface area (Å²) in [5, 5.41) is 2.30. The number of hydrogen-bond acceptors (Lipinski definition) is 4. The van der Waals surface area contributed by atoms with Crippen molar-refractivity contribution in [3.63, 3.8) is 0 Å². The lowest BCUT2D eigenvalue weighted by Gasteiger charge is -2.33. The van der Waals surface area contributed by atoms with Crippen molar-refractivity contribution in [2.45, 2.75) is 5.41 Å². The van der Waals surface area contributed by atoms with Gasteiger partial charge in [0.05, 0.1) is 5.41 Å². The highest BCUT2D eigenvalue weighted by Gasteiger charge is 2.47. The molecule has 8 aromatic carbocycles. The van der Waals surface area contributed by atoms with Crippen LogP contribution >= 0.6 is 0 Å². The van der Waals surface area contributed by atoms with Crippen LogP contribution in [-0.4, -0.2) is 15.0 Å². The number of rotatable bonds is 5. The van der Waals surface area contributed by atoms with Crippen LogP contribution in [0.2, 0.25) is 0 Å². The van der Waals surface area contributed by atoms with Gasteiger partial charge in [0.1, 0.15) is 11.5 Å². The molecule has 1 aromatic heterocycles. The van der Waals surface area contributed by atoms with Gasteiger partial charge in [-0.05, 0) is 62.5 Å². The first-order chi connectivity index (χ1) is 26.8. The van der Waals surface area contributed by atoms with E-state index < -0.39 is 5.41 Å². The molecule has 4 heteroatoms. The highest BCUT2D eigenvalue weighted by atomic mass is 16.5. The van der Waals surface area contributed by atoms with Gasteiger partial charge in [-0.1, -0.05) is 170 Å². The Bertz CT molecular complexity index is 2860. The van der Waals surface area contributed by atoms with Crippen molar-refractivity contribution in [2.24, 2.45) is 0 Å². The monoisotopic (exact) mass is 689 g/mol. The van der Waals surface area contributed by atoms with E-state index in [2.05, 4.69) is 158 Å². The van der Waals surface area contributed by atoms with E-state index in [1.54, 1.807) is 0 Å². The summed E-state index contributed by atoms with van der Waals surface area (Å²) in [5.74, 6) is 3.46. The molecule has 0 saturated heterocycles. The summed E-state index contributed by atoms with van der Waals surface area (Å²) in [5.41, 5.74) is 11.6. The lowest BCUT2D eigenvalue weighted by Crippen LogP contribution is -2.28. The predicted octanol–water partition coefficient (Wildman–Crippen LogP) is 12.2. The van der Waals surface area contributed by atoms with Crippen LogP contribution in [0.5, 0.6) is 11.5 Å². The van der Waals surface area contributed by atoms with Gasteiger partial charge in [-0.2, -0.15) is 0 Å². The Kier molecular flexibility index (Phi) is 6.73. The normalized spacial score (nSPS) is 13.1. The van der Waals surface area contributed by atoms with E-state index in [0.29, 0.717) is 17.5 Å². The van der Waals surface area contributed by atoms with Gasteiger partial charge in [-0.25, -0.2) is 15.0 Å². The molecule has 2 heterocycles. The molecular formula is C50H31N3O. The summed E-state index contributed by atoms with van der Waals surface area (Å²) in [7, 11) is 0. The topological polar surface area (TPSA) is 47.9 Å². The Morgan fingerprint density at radius 1 is 0.370 bits per heavy atom. The Labute approximate surface area is 313 Å². The minimum Gasteiger partial charge on any atom is -0.456 e. The summed E-state index contributed by atoms with van der Waals surface area (Å²) in [4.78, 5) is 15.6. The van der Waals surface area contributed by atoms with Crippen LogP contribution in [0.3, 0.4) is 0 Å². The Balaban J connectivity index is 1.15. The van der Waals surface area contributed by atoms with Gasteiger partial charge < -0.3 is 4.74 Å². The van der Waals surface area contributed by atoms with E-state index in [-0.39, 0.29) is 0 Å². The standard InChI is InChI=1S/C50H31N3O/c1-4-15-33(16-5-1)47-51-48(34-29-30-37-38-24-12-17-32-18-13-28-43(45(32)38)54-44(37)31-34)53-49(52-47)40-25-14-27-42-46(40)39-23-10-11-26-41(39)50(42,35-19-6-2-7-20-35)36-21-8-3-9-22-36/h1-31H. The molecule has 0 bridgehead atoms. The minimum atomic E-state index is -0.530. The molecule has 0 unspecified atom stereocenters. The molecule has 9 aromatic rings. The Morgan fingerprint density at radius 3 is 1.70 bits per heavy atom. The van der Waals surface area contributed by atoms with E-state index >= 15 is 0 Å². The van der Waals surface area contributed by atoms with Gasteiger partial charge in [-0.15, -0.1) is 0 Å². The van der Waals surface area contributed by atoms with Crippen LogP contribution in [0.1, 0.15) is 22.3 Å². The summed E-state index contributed by atoms with van der Waals surface area (Å²) in [6.07, 6.45) is 0. The summed E-state index contributed by atoms with van der Waals surface area (Å²) >= 11 is 0. The van der Waals surface area contributed by atoms with Gasteiger partial charge in [0.2, 0.25) is 0 Å². The van der Waals surface area contributed by atoms with Crippen molar-refractivity contribution in [3.05, 3.63) is 210 Å². The molecule has 11 rings (SSSR count). The summed E-state index contributed by atoms with van der Waals surface area (Å²) in [6.45, 7) is 0. The molecular weight excluding hydrogens is 659 g/mol. The number of ether oxygens (including phenoxy) is 1. The molecule has 1 aliphatic carbocycles. The third-order valence-corrected chi connectivity index (χ3v) is 11.0. The first-order valence-corrected chi connectivity index (χ1v) is 18.3. The van der Waals surface area contributed by atoms with Crippen LogP contribution in [0, 0.1) is 0 Å². The fourth-order valence-corrected chi connectivity index (χ4v) is 8.72. The quantitative estimate of drug-likeness (QED) is 0.180. The first-order valence-electron chi connectivity index (χ1n) is 18.3. The molecule has 0 amide bonds. The smallest absolute Gasteiger partial charge is 0.164 e. The molecule has 54 heavy (non-hydrogen) atoms. The van der Waals surface area contributed by atoms with Gasteiger partial charge in [-0.3, -0.25) is 0 Å². The molecule has 0 spiro atoms. The van der Waals surface area contributed by atoms with Crippen molar-refractivity contribution < 1.29 is 4.74 Å². The molecule has 0 atom stereocenters. The Morgan fingerprint density at radius 2 is 0.944 bits per heavy atom. The van der Waals surface area contributed by atoms with Gasteiger partial charge in [0.25, 0.3) is 0 Å². The summed E-state index contributed by atoms with van der Waals surface area (Å²) < 4.78 is 6.58. The van der Waals surface area contributed by atoms with E-state index in [9.17, 15) is 0 Å². The fourth-order valence-electron chi connectivity index (χ4n) is 8.72. The number of fused-ring (bicyclic) bond motifs is 5. The van der Waals surface area contributed by atoms with Gasteiger partial charge in [0.15, 0.2) is 17.5 Å². The van der Waals surface area contributed by atoms with Crippen LogP contribution in [0.4, 0.5) is 0 Å². The second-order valence-electron chi connectivity index (χ2n) is 13.9. The van der Waals surface area contributed by atoms with Crippen molar-refractivity contribution in [3.8, 4) is 67.9 Å². The average molecular weight is 690 g/mol. The molecule has 1 aliphatic heterocycles. The third kappa shape index (κ3) is 4.47. The van der Waals surface area contributed by atoms with Crippen LogP contribution in [0.25, 0.3) is 67.2 Å². The molecule has 252 valence electrons. The number of aromatic nitrogens is 3. The molecule has 2 aliphatic rings. The van der Waals surface area contributed by atoms with Gasteiger partial charge in [0, 0.05) is 27.6 Å². The maximum absolute atomic E-state index is 6.58. The highest BCUT2D eigenvalue weighted by Crippen LogP contribution is 2.58. The molecule has 0 radical (unpaired) electrons. The maximum atomic E-state index is 6.58. The van der Waals surface area contributed by atoms with Crippen molar-refractivity contribution in [1.82, 2.24) is 15.0 Å². The second-order valence-corrected chi connectivity index (χ2v) is 13.9. The second kappa shape index (κ2) is 11.9. The minimum absolute atomic E-state index is 0.530. The predicted molar refractivity (Wildman–Crippen MR) is 216 cm³/mol. The van der Waals surface area contributed by atoms with Crippen LogP contribution in [0.15, 0.2) is 188 Å². The zero-order valence-corrected chi connectivity index (χ0v) is 29.1. The average Bonchev–Trinajstić information content (AvgIpc) is 3.56. The van der Waals surface area contributed by atoms with E-state index in [0.717, 1.165) is 55.7 Å². The zero-order valence-electron chi connectivity index (χ0n) is 29.1. The van der Waals surface area contributed by atoms with Crippen molar-refractivity contribution in [2.75, 3.05) is 0 Å². The fraction of sp³-hybridized carbons (Fsp3) is 0.0200. The molecule has 4 nitrogen and oxygen atoms in total. The van der Waals surface area contributed by atoms with E-state index in [1.165, 1.54) is 27.8 Å². The summed E-state index contributed by atoms with van der Waals surface area (Å²) in [6, 6.07) is 66.2. The Hall–Kier alpha value is -7.17. The van der Waals surface area contributed by atoms with Crippen LogP contribution in [-0.2, 0) is 5.41 Å². The molecule has 0 N–H and O–H groups in total. The molecule has 0 fully saturated rings. The van der Waals surface area contributed by atoms with Crippen LogP contribution < -0.4 is 4.74 Å². The van der Waals surface area contributed by atoms with E-state index in [1.807, 2.05) is 30.3 Å². The first kappa shape index (κ1) is 30.5. The highest BCUT2D eigenvalue weighted by molar-refractivity contribution is 6.04. The van der Waals surface area contributed by atoms with Crippen molar-refractivity contribution in [1.29, 1.82) is 0 Å². The zero-order chi connectivity index (χ0) is 35.6. The lowest BCUT2D eigenvalue weighted by atomic mass is 9.67. The number of nitrogens with zero attached hydrogens (tertiary/aromatic N) is 3. The van der Waals surface area contributed by atoms with Gasteiger partial charge >= 0.3 is 0 Å². The van der Waals surface area contributed by atoms with Crippen molar-refractivity contribution >= 4 is 10.8 Å². The number of benzene rings is 8. The third-order valence-electron chi connectivity index (χ3n) is 11.0. The van der Waals surface area contributed by atoms with E-state index in [4.69, 9.17) is 19.7 Å². The lowest BCUT2D eigenvalue weighted by molar-refractivity contribution is 0.487. The SMILES string of the molecule is c1ccc(-c2nc(-c3ccc4c(c3)Oc3cccc5cccc-4c35)nc(-c3cccc4c3-c3ccccc3C4(c3ccccc3)c3ccccc3)n2)cc1. The maximum Gasteiger partial charge on any atom is 0.164 e. The largest absolute Gasteiger partial charge is 0.456 e. The molecule has 0 saturated carbocycles. The number of hydrogen-bond donors (Lipinski definition) is 0.